The summed E-state index contributed by atoms with van der Waals surface area (Å²) in [5, 5.41) is 15.4. The molecular weight excluding hydrogens is 414 g/mol. The number of esters is 1. The van der Waals surface area contributed by atoms with Crippen molar-refractivity contribution in [1.82, 2.24) is 15.0 Å². The second-order valence-corrected chi connectivity index (χ2v) is 6.59. The van der Waals surface area contributed by atoms with Crippen LogP contribution >= 0.6 is 0 Å². The van der Waals surface area contributed by atoms with Gasteiger partial charge in [0.05, 0.1) is 17.4 Å². The van der Waals surface area contributed by atoms with Crippen molar-refractivity contribution in [3.63, 3.8) is 0 Å². The first-order chi connectivity index (χ1) is 15.6. The van der Waals surface area contributed by atoms with Crippen LogP contribution in [0.5, 0.6) is 5.75 Å². The van der Waals surface area contributed by atoms with Crippen molar-refractivity contribution in [2.45, 2.75) is 6.61 Å². The summed E-state index contributed by atoms with van der Waals surface area (Å²) in [6.45, 7) is 0.198. The lowest BCUT2D eigenvalue weighted by molar-refractivity contribution is -0.383. The molecule has 10 heteroatoms. The van der Waals surface area contributed by atoms with Crippen LogP contribution in [0.4, 0.5) is 17.3 Å². The van der Waals surface area contributed by atoms with Gasteiger partial charge in [-0.25, -0.2) is 19.7 Å². The maximum Gasteiger partial charge on any atom is 0.360 e. The Bertz CT molecular complexity index is 1310. The van der Waals surface area contributed by atoms with E-state index >= 15 is 0 Å². The molecule has 4 aromatic rings. The zero-order valence-electron chi connectivity index (χ0n) is 16.9. The molecular formula is C22H17N5O5. The highest BCUT2D eigenvalue weighted by Gasteiger charge is 2.16. The van der Waals surface area contributed by atoms with E-state index in [1.807, 2.05) is 0 Å². The average molecular weight is 431 g/mol. The van der Waals surface area contributed by atoms with E-state index in [0.29, 0.717) is 22.3 Å². The molecule has 0 amide bonds. The fraction of sp³-hybridized carbons (Fsp3) is 0.0909. The first kappa shape index (κ1) is 20.7. The zero-order valence-corrected chi connectivity index (χ0v) is 16.9. The summed E-state index contributed by atoms with van der Waals surface area (Å²) in [4.78, 5) is 35.1. The van der Waals surface area contributed by atoms with Gasteiger partial charge in [-0.1, -0.05) is 18.2 Å². The molecule has 0 bridgehead atoms. The molecule has 0 fully saturated rings. The van der Waals surface area contributed by atoms with E-state index in [1.54, 1.807) is 48.7 Å². The third-order valence-electron chi connectivity index (χ3n) is 4.60. The first-order valence-corrected chi connectivity index (χ1v) is 9.47. The van der Waals surface area contributed by atoms with E-state index in [2.05, 4.69) is 20.3 Å². The fourth-order valence-electron chi connectivity index (χ4n) is 3.13. The topological polar surface area (TPSA) is 129 Å². The Morgan fingerprint density at radius 3 is 2.59 bits per heavy atom. The van der Waals surface area contributed by atoms with E-state index < -0.39 is 10.9 Å². The van der Waals surface area contributed by atoms with Crippen molar-refractivity contribution < 1.29 is 19.2 Å². The Labute approximate surface area is 182 Å². The third kappa shape index (κ3) is 4.29. The van der Waals surface area contributed by atoms with Crippen molar-refractivity contribution >= 4 is 34.1 Å². The molecule has 2 heterocycles. The molecule has 0 atom stereocenters. The van der Waals surface area contributed by atoms with E-state index in [4.69, 9.17) is 9.47 Å². The molecule has 2 aromatic heterocycles. The molecule has 0 radical (unpaired) electrons. The number of anilines is 2. The smallest absolute Gasteiger partial charge is 0.360 e. The van der Waals surface area contributed by atoms with Crippen molar-refractivity contribution in [1.29, 1.82) is 0 Å². The Morgan fingerprint density at radius 1 is 1.03 bits per heavy atom. The summed E-state index contributed by atoms with van der Waals surface area (Å²) in [6.07, 6.45) is 4.42. The number of ether oxygens (including phenoxy) is 2. The summed E-state index contributed by atoms with van der Waals surface area (Å²) >= 11 is 0. The molecule has 2 aromatic carbocycles. The average Bonchev–Trinajstić information content (AvgIpc) is 2.82. The van der Waals surface area contributed by atoms with Gasteiger partial charge in [0.1, 0.15) is 18.2 Å². The largest absolute Gasteiger partial charge is 0.488 e. The number of benzene rings is 2. The molecule has 0 aliphatic heterocycles. The quantitative estimate of drug-likeness (QED) is 0.262. The number of rotatable bonds is 7. The van der Waals surface area contributed by atoms with Crippen LogP contribution < -0.4 is 10.1 Å². The molecule has 4 rings (SSSR count). The molecule has 0 aliphatic carbocycles. The van der Waals surface area contributed by atoms with Crippen molar-refractivity contribution in [2.75, 3.05) is 12.4 Å². The minimum absolute atomic E-state index is 0.0220. The molecule has 0 spiro atoms. The number of nitro groups is 1. The van der Waals surface area contributed by atoms with Gasteiger partial charge in [-0.3, -0.25) is 10.1 Å². The number of nitrogens with zero attached hydrogens (tertiary/aromatic N) is 4. The number of nitrogens with one attached hydrogen (secondary N) is 1. The lowest BCUT2D eigenvalue weighted by Crippen LogP contribution is -2.10. The van der Waals surface area contributed by atoms with E-state index in [1.165, 1.54) is 25.6 Å². The van der Waals surface area contributed by atoms with E-state index in [0.717, 1.165) is 5.56 Å². The number of carbonyl (C=O) groups excluding carboxylic acids is 1. The van der Waals surface area contributed by atoms with Crippen molar-refractivity contribution in [3.05, 3.63) is 88.5 Å². The van der Waals surface area contributed by atoms with Crippen LogP contribution in [0.15, 0.2) is 67.1 Å². The second-order valence-electron chi connectivity index (χ2n) is 6.59. The summed E-state index contributed by atoms with van der Waals surface area (Å²) in [7, 11) is 1.26. The summed E-state index contributed by atoms with van der Waals surface area (Å²) in [5.74, 6) is 0.557. The van der Waals surface area contributed by atoms with Crippen molar-refractivity contribution in [3.8, 4) is 5.75 Å². The summed E-state index contributed by atoms with van der Waals surface area (Å²) in [6, 6.07) is 13.5. The summed E-state index contributed by atoms with van der Waals surface area (Å²) < 4.78 is 10.7. The number of methoxy groups -OCH3 is 1. The highest BCUT2D eigenvalue weighted by molar-refractivity contribution is 5.95. The summed E-state index contributed by atoms with van der Waals surface area (Å²) in [5.41, 5.74) is 0.845. The Balaban J connectivity index is 1.55. The molecule has 160 valence electrons. The van der Waals surface area contributed by atoms with Gasteiger partial charge in [-0.05, 0) is 29.8 Å². The molecule has 10 nitrogen and oxygen atoms in total. The van der Waals surface area contributed by atoms with Gasteiger partial charge >= 0.3 is 5.97 Å². The van der Waals surface area contributed by atoms with Gasteiger partial charge in [0, 0.05) is 30.0 Å². The monoisotopic (exact) mass is 431 g/mol. The number of non-ortho nitro benzene ring substituents is 1. The molecule has 0 unspecified atom stereocenters. The number of carbonyl (C=O) groups is 1. The first-order valence-electron chi connectivity index (χ1n) is 9.47. The number of pyridine rings is 1. The predicted molar refractivity (Wildman–Crippen MR) is 116 cm³/mol. The van der Waals surface area contributed by atoms with Crippen LogP contribution in [0.25, 0.3) is 10.8 Å². The number of hydrogen-bond acceptors (Lipinski definition) is 9. The molecule has 32 heavy (non-hydrogen) atoms. The maximum absolute atomic E-state index is 11.9. The van der Waals surface area contributed by atoms with Gasteiger partial charge in [-0.2, -0.15) is 0 Å². The van der Waals surface area contributed by atoms with Gasteiger partial charge in [0.15, 0.2) is 11.5 Å². The minimum atomic E-state index is -0.620. The van der Waals surface area contributed by atoms with Gasteiger partial charge in [0.25, 0.3) is 5.69 Å². The number of nitro benzene ring substituents is 1. The highest BCUT2D eigenvalue weighted by Crippen LogP contribution is 2.33. The van der Waals surface area contributed by atoms with Gasteiger partial charge in [0.2, 0.25) is 0 Å². The SMILES string of the molecule is COC(=O)c1nccnc1Nc1cc(COc2ccc([N+](=O)[O-])c3ccccc23)ccn1. The second kappa shape index (κ2) is 9.04. The number of fused-ring (bicyclic) bond motifs is 1. The highest BCUT2D eigenvalue weighted by atomic mass is 16.6. The van der Waals surface area contributed by atoms with Crippen LogP contribution in [0, 0.1) is 10.1 Å². The Kier molecular flexibility index (Phi) is 5.84. The Morgan fingerprint density at radius 2 is 1.81 bits per heavy atom. The lowest BCUT2D eigenvalue weighted by Gasteiger charge is -2.11. The molecule has 1 N–H and O–H groups in total. The zero-order chi connectivity index (χ0) is 22.5. The van der Waals surface area contributed by atoms with Crippen molar-refractivity contribution in [2.24, 2.45) is 0 Å². The minimum Gasteiger partial charge on any atom is -0.488 e. The van der Waals surface area contributed by atoms with Gasteiger partial charge in [-0.15, -0.1) is 0 Å². The number of aromatic nitrogens is 3. The number of hydrogen-bond donors (Lipinski definition) is 1. The maximum atomic E-state index is 11.9. The van der Waals surface area contributed by atoms with Crippen LogP contribution in [0.3, 0.4) is 0 Å². The molecule has 0 saturated carbocycles. The third-order valence-corrected chi connectivity index (χ3v) is 4.60. The van der Waals surface area contributed by atoms with E-state index in [-0.39, 0.29) is 23.8 Å². The molecule has 0 aliphatic rings. The predicted octanol–water partition coefficient (Wildman–Crippen LogP) is 4.04. The van der Waals surface area contributed by atoms with E-state index in [9.17, 15) is 14.9 Å². The fourth-order valence-corrected chi connectivity index (χ4v) is 3.13. The van der Waals surface area contributed by atoms with Crippen LogP contribution in [-0.4, -0.2) is 33.0 Å². The van der Waals surface area contributed by atoms with Gasteiger partial charge < -0.3 is 14.8 Å². The Hall–Kier alpha value is -4.60. The van der Waals surface area contributed by atoms with Crippen LogP contribution in [0.1, 0.15) is 16.1 Å². The lowest BCUT2D eigenvalue weighted by atomic mass is 10.1. The standard InChI is InChI=1S/C22H17N5O5/c1-31-22(28)20-21(25-11-10-24-20)26-19-12-14(8-9-23-19)13-32-18-7-6-17(27(29)30)15-4-2-3-5-16(15)18/h2-12H,13H2,1H3,(H,23,25,26). The van der Waals surface area contributed by atoms with Crippen LogP contribution in [0.2, 0.25) is 0 Å². The normalized spacial score (nSPS) is 10.5. The molecule has 0 saturated heterocycles. The van der Waals surface area contributed by atoms with Crippen LogP contribution in [-0.2, 0) is 11.3 Å².